The predicted octanol–water partition coefficient (Wildman–Crippen LogP) is 0.760. The molecule has 0 spiro atoms. The normalized spacial score (nSPS) is 24.0. The molecule has 3 heterocycles. The van der Waals surface area contributed by atoms with Crippen LogP contribution in [-0.4, -0.2) is 72.3 Å². The van der Waals surface area contributed by atoms with Crippen molar-refractivity contribution in [3.8, 4) is 0 Å². The second-order valence-corrected chi connectivity index (χ2v) is 5.83. The van der Waals surface area contributed by atoms with E-state index in [1.807, 2.05) is 0 Å². The van der Waals surface area contributed by atoms with Crippen LogP contribution in [0, 0.1) is 0 Å². The highest BCUT2D eigenvalue weighted by Crippen LogP contribution is 2.32. The molecule has 1 unspecified atom stereocenters. The third-order valence-electron chi connectivity index (χ3n) is 4.19. The minimum atomic E-state index is -2.97. The van der Waals surface area contributed by atoms with Crippen molar-refractivity contribution in [3.05, 3.63) is 24.0 Å². The monoisotopic (exact) mass is 327 g/mol. The van der Waals surface area contributed by atoms with Crippen molar-refractivity contribution in [2.24, 2.45) is 0 Å². The average Bonchev–Trinajstić information content (AvgIpc) is 2.90. The van der Waals surface area contributed by atoms with Gasteiger partial charge in [-0.1, -0.05) is 0 Å². The number of carbonyl (C=O) groups is 1. The Morgan fingerprint density at radius 3 is 2.87 bits per heavy atom. The standard InChI is InChI=1S/C15H19F2N3O3/c16-15(17)8-12(9-21)20(10-15)14(22)13-7-11(1-2-18-13)19-3-5-23-6-4-19/h1-2,7,12,21H,3-6,8-10H2. The number of likely N-dealkylation sites (tertiary alicyclic amines) is 1. The molecule has 0 bridgehead atoms. The van der Waals surface area contributed by atoms with Crippen LogP contribution in [0.3, 0.4) is 0 Å². The molecular weight excluding hydrogens is 308 g/mol. The summed E-state index contributed by atoms with van der Waals surface area (Å²) < 4.78 is 32.3. The van der Waals surface area contributed by atoms with E-state index in [0.29, 0.717) is 26.3 Å². The number of pyridine rings is 1. The van der Waals surface area contributed by atoms with Crippen LogP contribution in [0.15, 0.2) is 18.3 Å². The summed E-state index contributed by atoms with van der Waals surface area (Å²) in [6.07, 6.45) is 0.985. The SMILES string of the molecule is O=C(c1cc(N2CCOCC2)ccn1)N1CC(F)(F)CC1CO. The van der Waals surface area contributed by atoms with Gasteiger partial charge in [0.1, 0.15) is 5.69 Å². The van der Waals surface area contributed by atoms with Gasteiger partial charge in [-0.05, 0) is 12.1 Å². The van der Waals surface area contributed by atoms with E-state index in [9.17, 15) is 18.7 Å². The van der Waals surface area contributed by atoms with Crippen LogP contribution in [0.5, 0.6) is 0 Å². The van der Waals surface area contributed by atoms with E-state index in [0.717, 1.165) is 10.6 Å². The van der Waals surface area contributed by atoms with Gasteiger partial charge in [-0.15, -0.1) is 0 Å². The molecule has 23 heavy (non-hydrogen) atoms. The van der Waals surface area contributed by atoms with Gasteiger partial charge < -0.3 is 19.6 Å². The number of hydrogen-bond donors (Lipinski definition) is 1. The van der Waals surface area contributed by atoms with Gasteiger partial charge in [-0.2, -0.15) is 0 Å². The van der Waals surface area contributed by atoms with Crippen LogP contribution in [0.4, 0.5) is 14.5 Å². The van der Waals surface area contributed by atoms with Crippen molar-refractivity contribution < 1.29 is 23.4 Å². The van der Waals surface area contributed by atoms with E-state index >= 15 is 0 Å². The lowest BCUT2D eigenvalue weighted by Crippen LogP contribution is -2.39. The minimum absolute atomic E-state index is 0.116. The summed E-state index contributed by atoms with van der Waals surface area (Å²) in [6.45, 7) is 1.47. The molecule has 1 N–H and O–H groups in total. The number of hydrogen-bond acceptors (Lipinski definition) is 5. The summed E-state index contributed by atoms with van der Waals surface area (Å²) in [5.41, 5.74) is 0.934. The zero-order chi connectivity index (χ0) is 16.4. The number of anilines is 1. The number of halogens is 2. The topological polar surface area (TPSA) is 65.9 Å². The maximum Gasteiger partial charge on any atom is 0.273 e. The van der Waals surface area contributed by atoms with Gasteiger partial charge in [0.2, 0.25) is 0 Å². The predicted molar refractivity (Wildman–Crippen MR) is 78.7 cm³/mol. The highest BCUT2D eigenvalue weighted by molar-refractivity contribution is 5.93. The molecule has 1 aromatic rings. The molecule has 2 fully saturated rings. The van der Waals surface area contributed by atoms with Gasteiger partial charge in [0.25, 0.3) is 11.8 Å². The summed E-state index contributed by atoms with van der Waals surface area (Å²) in [5.74, 6) is -3.54. The molecule has 1 aromatic heterocycles. The molecular formula is C15H19F2N3O3. The van der Waals surface area contributed by atoms with Crippen molar-refractivity contribution in [1.29, 1.82) is 0 Å². The summed E-state index contributed by atoms with van der Waals surface area (Å²) in [5, 5.41) is 9.25. The first kappa shape index (κ1) is 16.1. The molecule has 0 aromatic carbocycles. The number of aliphatic hydroxyl groups is 1. The van der Waals surface area contributed by atoms with Crippen LogP contribution in [0.25, 0.3) is 0 Å². The van der Waals surface area contributed by atoms with Crippen molar-refractivity contribution in [2.75, 3.05) is 44.4 Å². The van der Waals surface area contributed by atoms with Crippen LogP contribution in [-0.2, 0) is 4.74 Å². The number of alkyl halides is 2. The fourth-order valence-electron chi connectivity index (χ4n) is 3.00. The molecule has 0 saturated carbocycles. The lowest BCUT2D eigenvalue weighted by Gasteiger charge is -2.29. The summed E-state index contributed by atoms with van der Waals surface area (Å²) >= 11 is 0. The smallest absolute Gasteiger partial charge is 0.273 e. The molecule has 2 aliphatic rings. The molecule has 2 saturated heterocycles. The van der Waals surface area contributed by atoms with Gasteiger partial charge in [0, 0.05) is 31.4 Å². The van der Waals surface area contributed by atoms with Gasteiger partial charge in [-0.25, -0.2) is 8.78 Å². The second-order valence-electron chi connectivity index (χ2n) is 5.83. The molecule has 1 amide bonds. The second kappa shape index (κ2) is 6.37. The van der Waals surface area contributed by atoms with Crippen LogP contribution >= 0.6 is 0 Å². The molecule has 0 radical (unpaired) electrons. The quantitative estimate of drug-likeness (QED) is 0.888. The van der Waals surface area contributed by atoms with E-state index in [1.165, 1.54) is 6.20 Å². The first-order valence-electron chi connectivity index (χ1n) is 7.58. The fraction of sp³-hybridized carbons (Fsp3) is 0.600. The van der Waals surface area contributed by atoms with Crippen LogP contribution in [0.1, 0.15) is 16.9 Å². The zero-order valence-electron chi connectivity index (χ0n) is 12.6. The number of nitrogens with zero attached hydrogens (tertiary/aromatic N) is 3. The van der Waals surface area contributed by atoms with E-state index < -0.39 is 37.4 Å². The Bertz CT molecular complexity index is 579. The molecule has 0 aliphatic carbocycles. The lowest BCUT2D eigenvalue weighted by atomic mass is 10.2. The first-order chi connectivity index (χ1) is 11.0. The summed E-state index contributed by atoms with van der Waals surface area (Å²) in [7, 11) is 0. The van der Waals surface area contributed by atoms with E-state index in [-0.39, 0.29) is 5.69 Å². The summed E-state index contributed by atoms with van der Waals surface area (Å²) in [6, 6.07) is 2.52. The molecule has 3 rings (SSSR count). The Kier molecular flexibility index (Phi) is 4.45. The highest BCUT2D eigenvalue weighted by Gasteiger charge is 2.47. The third-order valence-corrected chi connectivity index (χ3v) is 4.19. The fourth-order valence-corrected chi connectivity index (χ4v) is 3.00. The van der Waals surface area contributed by atoms with Gasteiger partial charge in [0.05, 0.1) is 32.4 Å². The third kappa shape index (κ3) is 3.42. The minimum Gasteiger partial charge on any atom is -0.394 e. The Balaban J connectivity index is 1.79. The van der Waals surface area contributed by atoms with E-state index in [4.69, 9.17) is 4.74 Å². The largest absolute Gasteiger partial charge is 0.394 e. The Hall–Kier alpha value is -1.80. The van der Waals surface area contributed by atoms with E-state index in [2.05, 4.69) is 9.88 Å². The maximum absolute atomic E-state index is 13.5. The van der Waals surface area contributed by atoms with Crippen molar-refractivity contribution in [2.45, 2.75) is 18.4 Å². The van der Waals surface area contributed by atoms with Crippen molar-refractivity contribution in [1.82, 2.24) is 9.88 Å². The number of ether oxygens (including phenoxy) is 1. The maximum atomic E-state index is 13.5. The number of rotatable bonds is 3. The Morgan fingerprint density at radius 2 is 2.17 bits per heavy atom. The summed E-state index contributed by atoms with van der Waals surface area (Å²) in [4.78, 5) is 19.6. The van der Waals surface area contributed by atoms with Gasteiger partial charge >= 0.3 is 0 Å². The van der Waals surface area contributed by atoms with Crippen LogP contribution in [0.2, 0.25) is 0 Å². The number of morpholine rings is 1. The van der Waals surface area contributed by atoms with Crippen molar-refractivity contribution >= 4 is 11.6 Å². The highest BCUT2D eigenvalue weighted by atomic mass is 19.3. The molecule has 126 valence electrons. The molecule has 1 atom stereocenters. The molecule has 8 heteroatoms. The average molecular weight is 327 g/mol. The van der Waals surface area contributed by atoms with Crippen LogP contribution < -0.4 is 4.90 Å². The number of carbonyl (C=O) groups excluding carboxylic acids is 1. The van der Waals surface area contributed by atoms with Gasteiger partial charge in [0.15, 0.2) is 0 Å². The zero-order valence-corrected chi connectivity index (χ0v) is 12.6. The number of aliphatic hydroxyl groups excluding tert-OH is 1. The first-order valence-corrected chi connectivity index (χ1v) is 7.58. The molecule has 2 aliphatic heterocycles. The number of aromatic nitrogens is 1. The van der Waals surface area contributed by atoms with Gasteiger partial charge in [-0.3, -0.25) is 9.78 Å². The Morgan fingerprint density at radius 1 is 1.43 bits per heavy atom. The Labute approximate surface area is 132 Å². The van der Waals surface area contributed by atoms with E-state index in [1.54, 1.807) is 12.1 Å². The molecule has 6 nitrogen and oxygen atoms in total. The lowest BCUT2D eigenvalue weighted by molar-refractivity contribution is 0.0115. The number of amides is 1. The van der Waals surface area contributed by atoms with Crippen molar-refractivity contribution in [3.63, 3.8) is 0 Å².